The molecule has 4 aromatic rings. The van der Waals surface area contributed by atoms with Crippen molar-refractivity contribution in [3.8, 4) is 0 Å². The van der Waals surface area contributed by atoms with Crippen molar-refractivity contribution in [2.75, 3.05) is 31.2 Å². The predicted molar refractivity (Wildman–Crippen MR) is 131 cm³/mol. The molecule has 0 radical (unpaired) electrons. The van der Waals surface area contributed by atoms with E-state index in [4.69, 9.17) is 9.15 Å². The highest BCUT2D eigenvalue weighted by atomic mass is 32.2. The molecule has 164 valence electrons. The van der Waals surface area contributed by atoms with E-state index in [0.29, 0.717) is 18.1 Å². The average molecular weight is 465 g/mol. The van der Waals surface area contributed by atoms with Crippen molar-refractivity contribution in [2.24, 2.45) is 0 Å². The highest BCUT2D eigenvalue weighted by Gasteiger charge is 2.20. The third-order valence-corrected chi connectivity index (χ3v) is 7.68. The zero-order valence-electron chi connectivity index (χ0n) is 17.6. The molecule has 5 rings (SSSR count). The highest BCUT2D eigenvalue weighted by Crippen LogP contribution is 2.33. The molecule has 2 aromatic carbocycles. The molecule has 0 spiro atoms. The molecule has 1 aliphatic rings. The molecule has 1 saturated heterocycles. The Bertz CT molecular complexity index is 1180. The average Bonchev–Trinajstić information content (AvgIpc) is 3.50. The van der Waals surface area contributed by atoms with Gasteiger partial charge in [0.1, 0.15) is 5.58 Å². The molecule has 3 heterocycles. The number of hydrogen-bond donors (Lipinski definition) is 1. The largest absolute Gasteiger partial charge is 0.451 e. The molecule has 1 N–H and O–H groups in total. The van der Waals surface area contributed by atoms with Crippen LogP contribution in [0, 0.1) is 0 Å². The lowest BCUT2D eigenvalue weighted by Crippen LogP contribution is -2.36. The summed E-state index contributed by atoms with van der Waals surface area (Å²) in [6.07, 6.45) is 0. The quantitative estimate of drug-likeness (QED) is 0.363. The van der Waals surface area contributed by atoms with Gasteiger partial charge in [-0.1, -0.05) is 36.4 Å². The van der Waals surface area contributed by atoms with Gasteiger partial charge in [0.15, 0.2) is 5.76 Å². The normalized spacial score (nSPS) is 14.1. The molecule has 0 atom stereocenters. The Morgan fingerprint density at radius 3 is 2.62 bits per heavy atom. The van der Waals surface area contributed by atoms with Gasteiger partial charge in [0.25, 0.3) is 5.91 Å². The smallest absolute Gasteiger partial charge is 0.287 e. The standard InChI is InChI=1S/C25H24N2O3S2/c28-25(26-16-18-7-9-19(10-8-18)27-11-13-29-14-12-27)24-21(17-32-23-6-3-15-31-23)20-4-1-2-5-22(20)30-24/h1-10,15H,11-14,16-17H2,(H,26,28). The summed E-state index contributed by atoms with van der Waals surface area (Å²) in [6, 6.07) is 20.3. The van der Waals surface area contributed by atoms with Crippen molar-refractivity contribution in [3.63, 3.8) is 0 Å². The fourth-order valence-electron chi connectivity index (χ4n) is 3.82. The number of hydrogen-bond acceptors (Lipinski definition) is 6. The first kappa shape index (κ1) is 21.1. The molecule has 2 aromatic heterocycles. The Morgan fingerprint density at radius 2 is 1.84 bits per heavy atom. The number of morpholine rings is 1. The molecular weight excluding hydrogens is 440 g/mol. The summed E-state index contributed by atoms with van der Waals surface area (Å²) in [7, 11) is 0. The number of nitrogens with one attached hydrogen (secondary N) is 1. The Balaban J connectivity index is 1.28. The van der Waals surface area contributed by atoms with E-state index < -0.39 is 0 Å². The first-order valence-corrected chi connectivity index (χ1v) is 12.5. The van der Waals surface area contributed by atoms with Gasteiger partial charge in [0.2, 0.25) is 0 Å². The molecule has 0 bridgehead atoms. The van der Waals surface area contributed by atoms with Gasteiger partial charge >= 0.3 is 0 Å². The maximum atomic E-state index is 13.1. The zero-order valence-corrected chi connectivity index (χ0v) is 19.2. The second-order valence-corrected chi connectivity index (χ2v) is 9.80. The summed E-state index contributed by atoms with van der Waals surface area (Å²) in [6.45, 7) is 3.81. The fourth-order valence-corrected chi connectivity index (χ4v) is 5.64. The number of para-hydroxylation sites is 1. The van der Waals surface area contributed by atoms with Crippen LogP contribution >= 0.6 is 23.1 Å². The molecule has 32 heavy (non-hydrogen) atoms. The topological polar surface area (TPSA) is 54.7 Å². The zero-order chi connectivity index (χ0) is 21.8. The van der Waals surface area contributed by atoms with Crippen molar-refractivity contribution >= 4 is 45.7 Å². The molecule has 0 unspecified atom stereocenters. The van der Waals surface area contributed by atoms with Crippen molar-refractivity contribution in [2.45, 2.75) is 16.5 Å². The number of carbonyl (C=O) groups is 1. The molecule has 1 aliphatic heterocycles. The van der Waals surface area contributed by atoms with Gasteiger partial charge in [-0.2, -0.15) is 0 Å². The van der Waals surface area contributed by atoms with Crippen LogP contribution in [0.3, 0.4) is 0 Å². The number of thioether (sulfide) groups is 1. The van der Waals surface area contributed by atoms with E-state index in [1.807, 2.05) is 30.3 Å². The van der Waals surface area contributed by atoms with Crippen LogP contribution < -0.4 is 10.2 Å². The molecule has 1 fully saturated rings. The van der Waals surface area contributed by atoms with E-state index in [2.05, 4.69) is 45.9 Å². The van der Waals surface area contributed by atoms with Crippen molar-refractivity contribution in [1.29, 1.82) is 0 Å². The predicted octanol–water partition coefficient (Wildman–Crippen LogP) is 5.55. The third kappa shape index (κ3) is 4.70. The Labute approximate surface area is 195 Å². The Hall–Kier alpha value is -2.74. The summed E-state index contributed by atoms with van der Waals surface area (Å²) in [5, 5.41) is 6.10. The molecular formula is C25H24N2O3S2. The van der Waals surface area contributed by atoms with Crippen molar-refractivity contribution < 1.29 is 13.9 Å². The molecule has 5 nitrogen and oxygen atoms in total. The van der Waals surface area contributed by atoms with E-state index in [0.717, 1.165) is 48.4 Å². The van der Waals surface area contributed by atoms with E-state index in [9.17, 15) is 4.79 Å². The van der Waals surface area contributed by atoms with Crippen LogP contribution in [-0.4, -0.2) is 32.2 Å². The maximum Gasteiger partial charge on any atom is 0.287 e. The summed E-state index contributed by atoms with van der Waals surface area (Å²) >= 11 is 3.43. The lowest BCUT2D eigenvalue weighted by atomic mass is 10.1. The molecule has 0 saturated carbocycles. The Morgan fingerprint density at radius 1 is 1.03 bits per heavy atom. The van der Waals surface area contributed by atoms with E-state index >= 15 is 0 Å². The second kappa shape index (κ2) is 9.81. The number of ether oxygens (including phenoxy) is 1. The minimum Gasteiger partial charge on any atom is -0.451 e. The van der Waals surface area contributed by atoms with Gasteiger partial charge in [-0.05, 0) is 35.2 Å². The van der Waals surface area contributed by atoms with Crippen molar-refractivity contribution in [1.82, 2.24) is 5.32 Å². The highest BCUT2D eigenvalue weighted by molar-refractivity contribution is 8.00. The maximum absolute atomic E-state index is 13.1. The minimum atomic E-state index is -0.180. The van der Waals surface area contributed by atoms with Gasteiger partial charge in [-0.3, -0.25) is 4.79 Å². The number of furan rings is 1. The van der Waals surface area contributed by atoms with Gasteiger partial charge < -0.3 is 19.4 Å². The van der Waals surface area contributed by atoms with Gasteiger partial charge in [0.05, 0.1) is 17.4 Å². The summed E-state index contributed by atoms with van der Waals surface area (Å²) in [5.41, 5.74) is 3.93. The SMILES string of the molecule is O=C(NCc1ccc(N2CCOCC2)cc1)c1oc2ccccc2c1CSc1cccs1. The fraction of sp³-hybridized carbons (Fsp3) is 0.240. The van der Waals surface area contributed by atoms with Crippen LogP contribution in [0.15, 0.2) is 74.7 Å². The Kier molecular flexibility index (Phi) is 6.48. The number of fused-ring (bicyclic) bond motifs is 1. The van der Waals surface area contributed by atoms with Gasteiger partial charge in [-0.15, -0.1) is 23.1 Å². The van der Waals surface area contributed by atoms with Gasteiger partial charge in [0, 0.05) is 42.0 Å². The monoisotopic (exact) mass is 464 g/mol. The lowest BCUT2D eigenvalue weighted by molar-refractivity contribution is 0.0924. The lowest BCUT2D eigenvalue weighted by Gasteiger charge is -2.28. The number of rotatable bonds is 7. The minimum absolute atomic E-state index is 0.180. The van der Waals surface area contributed by atoms with Gasteiger partial charge in [-0.25, -0.2) is 0 Å². The first-order valence-electron chi connectivity index (χ1n) is 10.6. The van der Waals surface area contributed by atoms with Crippen LogP contribution in [0.1, 0.15) is 21.7 Å². The van der Waals surface area contributed by atoms with Crippen LogP contribution in [-0.2, 0) is 17.0 Å². The molecule has 1 amide bonds. The molecule has 0 aliphatic carbocycles. The van der Waals surface area contributed by atoms with Crippen LogP contribution in [0.25, 0.3) is 11.0 Å². The summed E-state index contributed by atoms with van der Waals surface area (Å²) in [5.74, 6) is 0.912. The number of thiophene rings is 1. The summed E-state index contributed by atoms with van der Waals surface area (Å²) in [4.78, 5) is 15.4. The second-order valence-electron chi connectivity index (χ2n) is 7.58. The van der Waals surface area contributed by atoms with Crippen LogP contribution in [0.2, 0.25) is 0 Å². The number of benzene rings is 2. The number of anilines is 1. The van der Waals surface area contributed by atoms with E-state index in [1.165, 1.54) is 9.90 Å². The summed E-state index contributed by atoms with van der Waals surface area (Å²) < 4.78 is 12.6. The number of nitrogens with zero attached hydrogens (tertiary/aromatic N) is 1. The van der Waals surface area contributed by atoms with E-state index in [-0.39, 0.29) is 5.91 Å². The number of amides is 1. The van der Waals surface area contributed by atoms with Crippen molar-refractivity contribution in [3.05, 3.63) is 82.9 Å². The van der Waals surface area contributed by atoms with Crippen LogP contribution in [0.4, 0.5) is 5.69 Å². The third-order valence-electron chi connectivity index (χ3n) is 5.52. The van der Waals surface area contributed by atoms with E-state index in [1.54, 1.807) is 23.1 Å². The van der Waals surface area contributed by atoms with Crippen LogP contribution in [0.5, 0.6) is 0 Å². The first-order chi connectivity index (χ1) is 15.8. The molecule has 7 heteroatoms. The number of carbonyl (C=O) groups excluding carboxylic acids is 1.